The van der Waals surface area contributed by atoms with Crippen LogP contribution < -0.4 is 0 Å². The third kappa shape index (κ3) is 33.0. The van der Waals surface area contributed by atoms with E-state index in [2.05, 4.69) is 62.5 Å². The number of rotatable bonds is 31. The summed E-state index contributed by atoms with van der Waals surface area (Å²) >= 11 is 0. The highest BCUT2D eigenvalue weighted by Crippen LogP contribution is 2.14. The minimum absolute atomic E-state index is 0.0968. The van der Waals surface area contributed by atoms with Gasteiger partial charge in [-0.05, 0) is 63.7 Å². The number of carbonyl (C=O) groups excluding carboxylic acids is 2. The maximum Gasteiger partial charge on any atom is 0.306 e. The van der Waals surface area contributed by atoms with Crippen LogP contribution in [0, 0.1) is 5.92 Å². The van der Waals surface area contributed by atoms with E-state index in [0.29, 0.717) is 12.8 Å². The predicted molar refractivity (Wildman–Crippen MR) is 188 cm³/mol. The molecule has 260 valence electrons. The van der Waals surface area contributed by atoms with E-state index in [0.717, 1.165) is 70.1 Å². The second kappa shape index (κ2) is 33.2. The molecule has 0 fully saturated rings. The van der Waals surface area contributed by atoms with Crippen LogP contribution in [0.3, 0.4) is 0 Å². The first-order valence-corrected chi connectivity index (χ1v) is 18.1. The predicted octanol–water partition coefficient (Wildman–Crippen LogP) is 9.89. The maximum atomic E-state index is 12.1. The molecule has 6 nitrogen and oxygen atoms in total. The summed E-state index contributed by atoms with van der Waals surface area (Å²) in [5.41, 5.74) is 0. The van der Waals surface area contributed by atoms with Crippen LogP contribution >= 0.6 is 0 Å². The lowest BCUT2D eigenvalue weighted by Crippen LogP contribution is -2.28. The Morgan fingerprint density at radius 2 is 1.11 bits per heavy atom. The SMILES string of the molecule is CC[C@@H](O)CC/C=C\C/C=C\C/C=C\C/C=C\CCCC(=O)O[C@@H](CO)COC(=O)CCCCCCCCCCCCC(C)C. The average molecular weight is 633 g/mol. The smallest absolute Gasteiger partial charge is 0.306 e. The molecule has 2 atom stereocenters. The molecule has 0 aliphatic rings. The van der Waals surface area contributed by atoms with Crippen LogP contribution in [-0.2, 0) is 19.1 Å². The summed E-state index contributed by atoms with van der Waals surface area (Å²) in [4.78, 5) is 24.1. The Hall–Kier alpha value is -2.18. The van der Waals surface area contributed by atoms with E-state index < -0.39 is 6.10 Å². The number of hydrogen-bond acceptors (Lipinski definition) is 6. The van der Waals surface area contributed by atoms with Gasteiger partial charge in [0, 0.05) is 12.8 Å². The lowest BCUT2D eigenvalue weighted by atomic mass is 10.0. The quantitative estimate of drug-likeness (QED) is 0.0449. The highest BCUT2D eigenvalue weighted by molar-refractivity contribution is 5.70. The Balaban J connectivity index is 3.71. The molecule has 0 aromatic carbocycles. The van der Waals surface area contributed by atoms with Crippen molar-refractivity contribution < 1.29 is 29.3 Å². The van der Waals surface area contributed by atoms with Crippen LogP contribution in [0.5, 0.6) is 0 Å². The zero-order valence-electron chi connectivity index (χ0n) is 29.1. The number of hydrogen-bond donors (Lipinski definition) is 2. The molecule has 0 rings (SSSR count). The molecule has 0 amide bonds. The lowest BCUT2D eigenvalue weighted by Gasteiger charge is -2.15. The molecular formula is C39H68O6. The van der Waals surface area contributed by atoms with Crippen molar-refractivity contribution in [1.29, 1.82) is 0 Å². The summed E-state index contributed by atoms with van der Waals surface area (Å²) in [6, 6.07) is 0. The maximum absolute atomic E-state index is 12.1. The first-order chi connectivity index (χ1) is 21.9. The zero-order chi connectivity index (χ0) is 33.2. The highest BCUT2D eigenvalue weighted by atomic mass is 16.6. The molecule has 0 saturated carbocycles. The molecule has 0 aliphatic carbocycles. The van der Waals surface area contributed by atoms with Gasteiger partial charge in [0.15, 0.2) is 6.10 Å². The molecule has 0 radical (unpaired) electrons. The van der Waals surface area contributed by atoms with Crippen LogP contribution in [0.15, 0.2) is 48.6 Å². The molecule has 2 N–H and O–H groups in total. The number of aliphatic hydroxyl groups is 2. The normalized spacial score (nSPS) is 13.6. The van der Waals surface area contributed by atoms with Crippen molar-refractivity contribution in [3.8, 4) is 0 Å². The Labute approximate surface area is 276 Å². The van der Waals surface area contributed by atoms with Gasteiger partial charge in [-0.15, -0.1) is 0 Å². The van der Waals surface area contributed by atoms with Crippen LogP contribution in [-0.4, -0.2) is 47.6 Å². The Kier molecular flexibility index (Phi) is 31.6. The Bertz CT molecular complexity index is 797. The van der Waals surface area contributed by atoms with Gasteiger partial charge in [0.05, 0.1) is 12.7 Å². The number of allylic oxidation sites excluding steroid dienone is 8. The molecule has 0 unspecified atom stereocenters. The third-order valence-electron chi connectivity index (χ3n) is 7.72. The van der Waals surface area contributed by atoms with Crippen molar-refractivity contribution in [1.82, 2.24) is 0 Å². The summed E-state index contributed by atoms with van der Waals surface area (Å²) in [5.74, 6) is 0.141. The van der Waals surface area contributed by atoms with Gasteiger partial charge >= 0.3 is 11.9 Å². The van der Waals surface area contributed by atoms with Crippen molar-refractivity contribution in [2.75, 3.05) is 13.2 Å². The standard InChI is InChI=1S/C39H68O6/c1-4-36(41)30-26-22-18-14-9-7-5-6-8-10-16-20-24-28-32-39(43)45-37(33-40)34-44-38(42)31-27-23-19-15-12-11-13-17-21-25-29-35(2)3/h6-9,16,18,20,22,35-37,40-41H,4-5,10-15,17,19,21,23-34H2,1-3H3/b8-6-,9-7-,20-16-,22-18-/t36-,37+/m1/s1. The van der Waals surface area contributed by atoms with Crippen LogP contribution in [0.2, 0.25) is 0 Å². The van der Waals surface area contributed by atoms with E-state index in [-0.39, 0.29) is 37.7 Å². The third-order valence-corrected chi connectivity index (χ3v) is 7.72. The van der Waals surface area contributed by atoms with Gasteiger partial charge in [-0.2, -0.15) is 0 Å². The minimum atomic E-state index is -0.808. The molecule has 0 aliphatic heterocycles. The van der Waals surface area contributed by atoms with E-state index in [4.69, 9.17) is 9.47 Å². The summed E-state index contributed by atoms with van der Waals surface area (Å²) in [6.45, 7) is 6.12. The lowest BCUT2D eigenvalue weighted by molar-refractivity contribution is -0.161. The monoisotopic (exact) mass is 633 g/mol. The fourth-order valence-electron chi connectivity index (χ4n) is 4.77. The van der Waals surface area contributed by atoms with Crippen molar-refractivity contribution in [3.05, 3.63) is 48.6 Å². The van der Waals surface area contributed by atoms with Crippen LogP contribution in [0.1, 0.15) is 156 Å². The van der Waals surface area contributed by atoms with E-state index in [9.17, 15) is 19.8 Å². The van der Waals surface area contributed by atoms with Gasteiger partial charge in [-0.25, -0.2) is 0 Å². The molecule has 0 spiro atoms. The summed E-state index contributed by atoms with van der Waals surface area (Å²) < 4.78 is 10.5. The average Bonchev–Trinajstić information content (AvgIpc) is 3.02. The number of unbranched alkanes of at least 4 members (excludes halogenated alkanes) is 10. The number of esters is 2. The highest BCUT2D eigenvalue weighted by Gasteiger charge is 2.16. The first-order valence-electron chi connectivity index (χ1n) is 18.1. The molecule has 0 saturated heterocycles. The van der Waals surface area contributed by atoms with E-state index >= 15 is 0 Å². The largest absolute Gasteiger partial charge is 0.462 e. The van der Waals surface area contributed by atoms with Gasteiger partial charge in [-0.3, -0.25) is 9.59 Å². The number of ether oxygens (including phenoxy) is 2. The fourth-order valence-corrected chi connectivity index (χ4v) is 4.77. The van der Waals surface area contributed by atoms with Gasteiger partial charge in [0.25, 0.3) is 0 Å². The van der Waals surface area contributed by atoms with Gasteiger partial charge in [0.2, 0.25) is 0 Å². The molecule has 0 heterocycles. The van der Waals surface area contributed by atoms with Crippen molar-refractivity contribution in [2.45, 2.75) is 168 Å². The van der Waals surface area contributed by atoms with E-state index in [1.807, 2.05) is 6.92 Å². The molecule has 0 aromatic rings. The van der Waals surface area contributed by atoms with Crippen molar-refractivity contribution >= 4 is 11.9 Å². The second-order valence-electron chi connectivity index (χ2n) is 12.6. The van der Waals surface area contributed by atoms with E-state index in [1.54, 1.807) is 0 Å². The molecule has 0 aromatic heterocycles. The summed E-state index contributed by atoms with van der Waals surface area (Å²) in [6.07, 6.45) is 36.9. The molecule has 45 heavy (non-hydrogen) atoms. The number of aliphatic hydroxyl groups excluding tert-OH is 2. The van der Waals surface area contributed by atoms with Gasteiger partial charge < -0.3 is 19.7 Å². The number of carbonyl (C=O) groups is 2. The molecule has 0 bridgehead atoms. The zero-order valence-corrected chi connectivity index (χ0v) is 29.1. The second-order valence-corrected chi connectivity index (χ2v) is 12.6. The van der Waals surface area contributed by atoms with Gasteiger partial charge in [-0.1, -0.05) is 134 Å². The Morgan fingerprint density at radius 1 is 0.622 bits per heavy atom. The van der Waals surface area contributed by atoms with Gasteiger partial charge in [0.1, 0.15) is 6.61 Å². The topological polar surface area (TPSA) is 93.1 Å². The summed E-state index contributed by atoms with van der Waals surface area (Å²) in [7, 11) is 0. The van der Waals surface area contributed by atoms with Crippen LogP contribution in [0.4, 0.5) is 0 Å². The minimum Gasteiger partial charge on any atom is -0.462 e. The van der Waals surface area contributed by atoms with Crippen molar-refractivity contribution in [3.63, 3.8) is 0 Å². The van der Waals surface area contributed by atoms with Crippen LogP contribution in [0.25, 0.3) is 0 Å². The first kappa shape index (κ1) is 42.8. The van der Waals surface area contributed by atoms with Crippen molar-refractivity contribution in [2.24, 2.45) is 5.92 Å². The van der Waals surface area contributed by atoms with E-state index in [1.165, 1.54) is 51.4 Å². The molecule has 6 heteroatoms. The fraction of sp³-hybridized carbons (Fsp3) is 0.744. The molecular weight excluding hydrogens is 564 g/mol. The summed E-state index contributed by atoms with van der Waals surface area (Å²) in [5, 5.41) is 19.0. The Morgan fingerprint density at radius 3 is 1.64 bits per heavy atom.